The molecule has 0 aliphatic heterocycles. The summed E-state index contributed by atoms with van der Waals surface area (Å²) in [5.41, 5.74) is -0.143. The van der Waals surface area contributed by atoms with Crippen molar-refractivity contribution in [3.05, 3.63) is 52.6 Å². The van der Waals surface area contributed by atoms with Gasteiger partial charge >= 0.3 is 5.97 Å². The molecule has 154 valence electrons. The Bertz CT molecular complexity index is 900. The number of nitrogens with one attached hydrogen (secondary N) is 1. The molecule has 0 radical (unpaired) electrons. The molecule has 0 aliphatic rings. The molecule has 10 nitrogen and oxygen atoms in total. The van der Waals surface area contributed by atoms with E-state index in [2.05, 4.69) is 5.32 Å². The van der Waals surface area contributed by atoms with Crippen LogP contribution in [-0.4, -0.2) is 43.7 Å². The third-order valence-corrected chi connectivity index (χ3v) is 3.74. The highest BCUT2D eigenvalue weighted by atomic mass is 16.6. The Morgan fingerprint density at radius 1 is 1.07 bits per heavy atom. The van der Waals surface area contributed by atoms with Crippen LogP contribution in [0, 0.1) is 10.1 Å². The molecular formula is C19H20N2O8. The maximum absolute atomic E-state index is 12.3. The monoisotopic (exact) mass is 404 g/mol. The van der Waals surface area contributed by atoms with E-state index in [0.717, 1.165) is 6.07 Å². The van der Waals surface area contributed by atoms with Crippen molar-refractivity contribution in [1.29, 1.82) is 0 Å². The molecular weight excluding hydrogens is 384 g/mol. The fourth-order valence-corrected chi connectivity index (χ4v) is 2.30. The van der Waals surface area contributed by atoms with Crippen molar-refractivity contribution in [3.8, 4) is 17.2 Å². The minimum atomic E-state index is -1.17. The van der Waals surface area contributed by atoms with Crippen molar-refractivity contribution in [2.75, 3.05) is 26.1 Å². The van der Waals surface area contributed by atoms with Crippen LogP contribution >= 0.6 is 0 Å². The Kier molecular flexibility index (Phi) is 7.35. The minimum absolute atomic E-state index is 0.0832. The first-order valence-corrected chi connectivity index (χ1v) is 8.44. The number of anilines is 1. The lowest BCUT2D eigenvalue weighted by atomic mass is 10.2. The Morgan fingerprint density at radius 3 is 2.34 bits per heavy atom. The number of nitro benzene ring substituents is 1. The number of para-hydroxylation sites is 2. The number of amides is 1. The van der Waals surface area contributed by atoms with E-state index in [0.29, 0.717) is 11.5 Å². The molecule has 0 fully saturated rings. The largest absolute Gasteiger partial charge is 0.495 e. The summed E-state index contributed by atoms with van der Waals surface area (Å²) in [5.74, 6) is -0.435. The number of carbonyl (C=O) groups is 2. The van der Waals surface area contributed by atoms with E-state index in [1.165, 1.54) is 33.3 Å². The average Bonchev–Trinajstić information content (AvgIpc) is 2.72. The van der Waals surface area contributed by atoms with Gasteiger partial charge in [0.15, 0.2) is 24.2 Å². The van der Waals surface area contributed by atoms with Crippen LogP contribution in [-0.2, 0) is 14.3 Å². The number of esters is 1. The number of nitrogens with zero attached hydrogens (tertiary/aromatic N) is 1. The molecule has 1 N–H and O–H groups in total. The fourth-order valence-electron chi connectivity index (χ4n) is 2.30. The van der Waals surface area contributed by atoms with Crippen molar-refractivity contribution in [1.82, 2.24) is 0 Å². The summed E-state index contributed by atoms with van der Waals surface area (Å²) in [7, 11) is 2.82. The normalized spacial score (nSPS) is 11.1. The van der Waals surface area contributed by atoms with Gasteiger partial charge in [0.2, 0.25) is 0 Å². The molecule has 0 spiro atoms. The highest BCUT2D eigenvalue weighted by Gasteiger charge is 2.21. The summed E-state index contributed by atoms with van der Waals surface area (Å²) >= 11 is 0. The van der Waals surface area contributed by atoms with E-state index < -0.39 is 29.5 Å². The molecule has 0 bridgehead atoms. The van der Waals surface area contributed by atoms with Crippen molar-refractivity contribution >= 4 is 23.3 Å². The van der Waals surface area contributed by atoms with E-state index in [-0.39, 0.29) is 17.1 Å². The standard InChI is InChI=1S/C19H20N2O8/c1-12(29-18(22)11-28-17-7-5-4-6-16(17)27-3)19(23)20-14-10-13(21(24)25)8-9-15(14)26-2/h4-10,12H,11H2,1-3H3,(H,20,23)/t12-/m0/s1. The Labute approximate surface area is 166 Å². The fraction of sp³-hybridized carbons (Fsp3) is 0.263. The quantitative estimate of drug-likeness (QED) is 0.384. The molecule has 29 heavy (non-hydrogen) atoms. The highest BCUT2D eigenvalue weighted by molar-refractivity contribution is 5.96. The summed E-state index contributed by atoms with van der Waals surface area (Å²) in [6, 6.07) is 10.5. The first-order chi connectivity index (χ1) is 13.8. The molecule has 0 aromatic heterocycles. The SMILES string of the molecule is COc1ccc([N+](=O)[O-])cc1NC(=O)[C@H](C)OC(=O)COc1ccccc1OC. The molecule has 2 aromatic carbocycles. The van der Waals surface area contributed by atoms with E-state index in [1.54, 1.807) is 24.3 Å². The van der Waals surface area contributed by atoms with Crippen LogP contribution in [0.5, 0.6) is 17.2 Å². The van der Waals surface area contributed by atoms with Crippen LogP contribution in [0.3, 0.4) is 0 Å². The van der Waals surface area contributed by atoms with Crippen molar-refractivity contribution < 1.29 is 33.5 Å². The zero-order chi connectivity index (χ0) is 21.4. The van der Waals surface area contributed by atoms with Gasteiger partial charge in [0.1, 0.15) is 5.75 Å². The third kappa shape index (κ3) is 5.83. The second kappa shape index (κ2) is 9.93. The average molecular weight is 404 g/mol. The van der Waals surface area contributed by atoms with Crippen LogP contribution < -0.4 is 19.5 Å². The highest BCUT2D eigenvalue weighted by Crippen LogP contribution is 2.29. The van der Waals surface area contributed by atoms with Gasteiger partial charge in [-0.1, -0.05) is 12.1 Å². The van der Waals surface area contributed by atoms with Gasteiger partial charge in [0.05, 0.1) is 24.8 Å². The first kappa shape index (κ1) is 21.5. The predicted octanol–water partition coefficient (Wildman–Crippen LogP) is 2.56. The molecule has 2 aromatic rings. The van der Waals surface area contributed by atoms with Crippen LogP contribution in [0.1, 0.15) is 6.92 Å². The maximum atomic E-state index is 12.3. The first-order valence-electron chi connectivity index (χ1n) is 8.44. The van der Waals surface area contributed by atoms with E-state index in [1.807, 2.05) is 0 Å². The smallest absolute Gasteiger partial charge is 0.344 e. The number of hydrogen-bond acceptors (Lipinski definition) is 8. The van der Waals surface area contributed by atoms with Gasteiger partial charge in [-0.25, -0.2) is 4.79 Å². The molecule has 0 aliphatic carbocycles. The Balaban J connectivity index is 1.95. The van der Waals surface area contributed by atoms with Crippen LogP contribution in [0.15, 0.2) is 42.5 Å². The lowest BCUT2D eigenvalue weighted by Gasteiger charge is -2.15. The summed E-state index contributed by atoms with van der Waals surface area (Å²) in [6.07, 6.45) is -1.17. The lowest BCUT2D eigenvalue weighted by molar-refractivity contribution is -0.384. The van der Waals surface area contributed by atoms with Crippen LogP contribution in [0.25, 0.3) is 0 Å². The van der Waals surface area contributed by atoms with Gasteiger partial charge in [-0.3, -0.25) is 14.9 Å². The molecule has 0 saturated carbocycles. The number of methoxy groups -OCH3 is 2. The molecule has 0 unspecified atom stereocenters. The van der Waals surface area contributed by atoms with Gasteiger partial charge < -0.3 is 24.3 Å². The number of benzene rings is 2. The Morgan fingerprint density at radius 2 is 1.72 bits per heavy atom. The van der Waals surface area contributed by atoms with Gasteiger partial charge in [-0.05, 0) is 25.1 Å². The van der Waals surface area contributed by atoms with Gasteiger partial charge in [-0.15, -0.1) is 0 Å². The topological polar surface area (TPSA) is 126 Å². The number of nitro groups is 1. The molecule has 0 saturated heterocycles. The van der Waals surface area contributed by atoms with Crippen LogP contribution in [0.2, 0.25) is 0 Å². The zero-order valence-corrected chi connectivity index (χ0v) is 16.0. The second-order valence-corrected chi connectivity index (χ2v) is 5.70. The number of carbonyl (C=O) groups excluding carboxylic acids is 2. The summed E-state index contributed by atoms with van der Waals surface area (Å²) < 4.78 is 20.6. The van der Waals surface area contributed by atoms with E-state index in [4.69, 9.17) is 18.9 Å². The van der Waals surface area contributed by atoms with Crippen molar-refractivity contribution in [2.45, 2.75) is 13.0 Å². The number of non-ortho nitro benzene ring substituents is 1. The maximum Gasteiger partial charge on any atom is 0.344 e. The van der Waals surface area contributed by atoms with Crippen molar-refractivity contribution in [3.63, 3.8) is 0 Å². The molecule has 0 heterocycles. The summed E-state index contributed by atoms with van der Waals surface area (Å²) in [6.45, 7) is 0.929. The van der Waals surface area contributed by atoms with Gasteiger partial charge in [-0.2, -0.15) is 0 Å². The second-order valence-electron chi connectivity index (χ2n) is 5.70. The van der Waals surface area contributed by atoms with Crippen molar-refractivity contribution in [2.24, 2.45) is 0 Å². The van der Waals surface area contributed by atoms with Gasteiger partial charge in [0.25, 0.3) is 11.6 Å². The summed E-state index contributed by atoms with van der Waals surface area (Å²) in [4.78, 5) is 34.6. The molecule has 2 rings (SSSR count). The molecule has 1 amide bonds. The van der Waals surface area contributed by atoms with E-state index in [9.17, 15) is 19.7 Å². The van der Waals surface area contributed by atoms with E-state index >= 15 is 0 Å². The minimum Gasteiger partial charge on any atom is -0.495 e. The number of hydrogen-bond donors (Lipinski definition) is 1. The lowest BCUT2D eigenvalue weighted by Crippen LogP contribution is -2.31. The summed E-state index contributed by atoms with van der Waals surface area (Å²) in [5, 5.41) is 13.4. The molecule has 10 heteroatoms. The number of ether oxygens (including phenoxy) is 4. The number of rotatable bonds is 9. The Hall–Kier alpha value is -3.82. The van der Waals surface area contributed by atoms with Gasteiger partial charge in [0, 0.05) is 12.1 Å². The predicted molar refractivity (Wildman–Crippen MR) is 102 cm³/mol. The zero-order valence-electron chi connectivity index (χ0n) is 16.0. The third-order valence-electron chi connectivity index (χ3n) is 3.74. The van der Waals surface area contributed by atoms with Crippen LogP contribution in [0.4, 0.5) is 11.4 Å². The molecule has 1 atom stereocenters.